The average Bonchev–Trinajstić information content (AvgIpc) is 2.15. The Morgan fingerprint density at radius 1 is 1.47 bits per heavy atom. The van der Waals surface area contributed by atoms with E-state index in [2.05, 4.69) is 0 Å². The second-order valence-corrected chi connectivity index (χ2v) is 3.45. The van der Waals surface area contributed by atoms with Crippen molar-refractivity contribution in [2.45, 2.75) is 19.5 Å². The number of carboxylic acids is 1. The van der Waals surface area contributed by atoms with Crippen LogP contribution in [0.4, 0.5) is 13.2 Å². The Kier molecular flexibility index (Phi) is 3.42. The van der Waals surface area contributed by atoms with Crippen molar-refractivity contribution in [3.05, 3.63) is 34.4 Å². The van der Waals surface area contributed by atoms with Gasteiger partial charge in [-0.2, -0.15) is 18.4 Å². The van der Waals surface area contributed by atoms with Crippen LogP contribution in [0.15, 0.2) is 12.1 Å². The summed E-state index contributed by atoms with van der Waals surface area (Å²) in [6.07, 6.45) is -5.01. The number of benzene rings is 1. The second kappa shape index (κ2) is 4.45. The highest BCUT2D eigenvalue weighted by molar-refractivity contribution is 5.72. The molecule has 0 fully saturated rings. The van der Waals surface area contributed by atoms with E-state index in [-0.39, 0.29) is 16.7 Å². The summed E-state index contributed by atoms with van der Waals surface area (Å²) in [6.45, 7) is 1.16. The number of carboxylic acid groups (broad SMARTS) is 1. The predicted molar refractivity (Wildman–Crippen MR) is 52.2 cm³/mol. The summed E-state index contributed by atoms with van der Waals surface area (Å²) in [5, 5.41) is 17.4. The van der Waals surface area contributed by atoms with Crippen LogP contribution in [0.5, 0.6) is 0 Å². The molecule has 0 amide bonds. The molecule has 0 unspecified atom stereocenters. The summed E-state index contributed by atoms with van der Waals surface area (Å²) in [5.74, 6) is -1.19. The van der Waals surface area contributed by atoms with Crippen molar-refractivity contribution < 1.29 is 23.1 Å². The molecule has 0 bridgehead atoms. The van der Waals surface area contributed by atoms with Gasteiger partial charge in [-0.15, -0.1) is 0 Å². The third-order valence-electron chi connectivity index (χ3n) is 2.31. The number of nitrogens with zero attached hydrogens (tertiary/aromatic N) is 1. The van der Waals surface area contributed by atoms with Crippen molar-refractivity contribution in [2.24, 2.45) is 0 Å². The molecule has 0 aromatic heterocycles. The molecule has 1 rings (SSSR count). The molecule has 17 heavy (non-hydrogen) atoms. The van der Waals surface area contributed by atoms with E-state index in [9.17, 15) is 18.0 Å². The Labute approximate surface area is 95.1 Å². The summed E-state index contributed by atoms with van der Waals surface area (Å²) in [5.41, 5.74) is -1.28. The molecular formula is C11H8F3NO2. The zero-order valence-electron chi connectivity index (χ0n) is 8.80. The first-order valence-corrected chi connectivity index (χ1v) is 4.59. The summed E-state index contributed by atoms with van der Waals surface area (Å²) in [4.78, 5) is 10.5. The lowest BCUT2D eigenvalue weighted by Gasteiger charge is -2.13. The van der Waals surface area contributed by atoms with Gasteiger partial charge in [-0.1, -0.05) is 6.07 Å². The lowest BCUT2D eigenvalue weighted by molar-refractivity contribution is -0.138. The number of halogens is 3. The molecule has 0 atom stereocenters. The fourth-order valence-electron chi connectivity index (χ4n) is 1.54. The maximum Gasteiger partial charge on any atom is 0.416 e. The third-order valence-corrected chi connectivity index (χ3v) is 2.31. The van der Waals surface area contributed by atoms with Gasteiger partial charge < -0.3 is 5.11 Å². The standard InChI is InChI=1S/C11H8F3NO2/c1-6-8(5-15)7(4-10(16)17)2-3-9(6)11(12,13)14/h2-3H,4H2,1H3,(H,16,17). The summed E-state index contributed by atoms with van der Waals surface area (Å²) in [6, 6.07) is 3.45. The normalized spacial score (nSPS) is 11.0. The first kappa shape index (κ1) is 13.0. The minimum Gasteiger partial charge on any atom is -0.481 e. The molecule has 0 aliphatic rings. The molecule has 1 aromatic carbocycles. The highest BCUT2D eigenvalue weighted by atomic mass is 19.4. The minimum atomic E-state index is -4.54. The van der Waals surface area contributed by atoms with Gasteiger partial charge in [-0.05, 0) is 24.1 Å². The van der Waals surface area contributed by atoms with Crippen LogP contribution < -0.4 is 0 Å². The number of nitriles is 1. The number of aliphatic carboxylic acids is 1. The van der Waals surface area contributed by atoms with Crippen molar-refractivity contribution in [3.63, 3.8) is 0 Å². The van der Waals surface area contributed by atoms with E-state index in [1.54, 1.807) is 6.07 Å². The van der Waals surface area contributed by atoms with Gasteiger partial charge in [0.1, 0.15) is 0 Å². The van der Waals surface area contributed by atoms with E-state index in [0.29, 0.717) is 0 Å². The Morgan fingerprint density at radius 2 is 2.06 bits per heavy atom. The minimum absolute atomic E-state index is 0.0884. The van der Waals surface area contributed by atoms with Crippen molar-refractivity contribution in [2.75, 3.05) is 0 Å². The van der Waals surface area contributed by atoms with Crippen molar-refractivity contribution in [1.29, 1.82) is 5.26 Å². The van der Waals surface area contributed by atoms with Crippen LogP contribution in [-0.4, -0.2) is 11.1 Å². The van der Waals surface area contributed by atoms with Crippen LogP contribution in [-0.2, 0) is 17.4 Å². The van der Waals surface area contributed by atoms with E-state index in [1.165, 1.54) is 0 Å². The topological polar surface area (TPSA) is 61.1 Å². The predicted octanol–water partition coefficient (Wildman–Crippen LogP) is 2.51. The Balaban J connectivity index is 3.39. The zero-order valence-corrected chi connectivity index (χ0v) is 8.80. The number of hydrogen-bond acceptors (Lipinski definition) is 2. The zero-order chi connectivity index (χ0) is 13.2. The lowest BCUT2D eigenvalue weighted by atomic mass is 9.96. The Morgan fingerprint density at radius 3 is 2.47 bits per heavy atom. The lowest BCUT2D eigenvalue weighted by Crippen LogP contribution is -2.11. The molecule has 0 aliphatic carbocycles. The molecule has 1 aromatic rings. The number of hydrogen-bond donors (Lipinski definition) is 1. The smallest absolute Gasteiger partial charge is 0.416 e. The number of carbonyl (C=O) groups is 1. The van der Waals surface area contributed by atoms with Crippen molar-refractivity contribution >= 4 is 5.97 Å². The van der Waals surface area contributed by atoms with Crippen LogP contribution >= 0.6 is 0 Å². The van der Waals surface area contributed by atoms with Gasteiger partial charge >= 0.3 is 12.1 Å². The Bertz CT molecular complexity index is 501. The summed E-state index contributed by atoms with van der Waals surface area (Å²) in [7, 11) is 0. The van der Waals surface area contributed by atoms with E-state index in [0.717, 1.165) is 19.1 Å². The van der Waals surface area contributed by atoms with Gasteiger partial charge in [0.2, 0.25) is 0 Å². The van der Waals surface area contributed by atoms with Gasteiger partial charge in [-0.3, -0.25) is 4.79 Å². The highest BCUT2D eigenvalue weighted by Gasteiger charge is 2.33. The van der Waals surface area contributed by atoms with Gasteiger partial charge in [-0.25, -0.2) is 0 Å². The van der Waals surface area contributed by atoms with Crippen LogP contribution in [0.1, 0.15) is 22.3 Å². The highest BCUT2D eigenvalue weighted by Crippen LogP contribution is 2.33. The van der Waals surface area contributed by atoms with Gasteiger partial charge in [0, 0.05) is 0 Å². The van der Waals surface area contributed by atoms with Crippen molar-refractivity contribution in [3.8, 4) is 6.07 Å². The van der Waals surface area contributed by atoms with Crippen LogP contribution in [0.2, 0.25) is 0 Å². The largest absolute Gasteiger partial charge is 0.481 e. The van der Waals surface area contributed by atoms with Crippen LogP contribution in [0.3, 0.4) is 0 Å². The van der Waals surface area contributed by atoms with E-state index >= 15 is 0 Å². The van der Waals surface area contributed by atoms with Crippen molar-refractivity contribution in [1.82, 2.24) is 0 Å². The quantitative estimate of drug-likeness (QED) is 0.868. The molecular weight excluding hydrogens is 235 g/mol. The first-order valence-electron chi connectivity index (χ1n) is 4.59. The SMILES string of the molecule is Cc1c(C(F)(F)F)ccc(CC(=O)O)c1C#N. The number of alkyl halides is 3. The van der Waals surface area contributed by atoms with E-state index in [4.69, 9.17) is 10.4 Å². The molecule has 0 aliphatic heterocycles. The molecule has 6 heteroatoms. The molecule has 0 saturated heterocycles. The molecule has 90 valence electrons. The maximum atomic E-state index is 12.5. The first-order chi connectivity index (χ1) is 7.77. The molecule has 0 saturated carbocycles. The van der Waals surface area contributed by atoms with Gasteiger partial charge in [0.15, 0.2) is 0 Å². The summed E-state index contributed by atoms with van der Waals surface area (Å²) >= 11 is 0. The molecule has 0 radical (unpaired) electrons. The third kappa shape index (κ3) is 2.75. The number of rotatable bonds is 2. The fraction of sp³-hybridized carbons (Fsp3) is 0.273. The Hall–Kier alpha value is -2.03. The maximum absolute atomic E-state index is 12.5. The van der Waals surface area contributed by atoms with Crippen LogP contribution in [0.25, 0.3) is 0 Å². The molecule has 0 spiro atoms. The molecule has 1 N–H and O–H groups in total. The van der Waals surface area contributed by atoms with E-state index < -0.39 is 24.1 Å². The van der Waals surface area contributed by atoms with Crippen LogP contribution in [0, 0.1) is 18.3 Å². The van der Waals surface area contributed by atoms with Gasteiger partial charge in [0.25, 0.3) is 0 Å². The summed E-state index contributed by atoms with van der Waals surface area (Å²) < 4.78 is 37.6. The molecule has 0 heterocycles. The monoisotopic (exact) mass is 243 g/mol. The molecule has 3 nitrogen and oxygen atoms in total. The fourth-order valence-corrected chi connectivity index (χ4v) is 1.54. The average molecular weight is 243 g/mol. The van der Waals surface area contributed by atoms with Gasteiger partial charge in [0.05, 0.1) is 23.6 Å². The second-order valence-electron chi connectivity index (χ2n) is 3.45. The van der Waals surface area contributed by atoms with E-state index in [1.807, 2.05) is 0 Å².